The Hall–Kier alpha value is -1.78. The Morgan fingerprint density at radius 3 is 2.65 bits per heavy atom. The molecular formula is C15H19NO4. The molecule has 2 aliphatic rings. The summed E-state index contributed by atoms with van der Waals surface area (Å²) in [5.41, 5.74) is 0.658. The number of non-ortho nitro benzene ring substituents is 1. The number of ether oxygens (including phenoxy) is 2. The molecule has 0 aliphatic heterocycles. The first-order chi connectivity index (χ1) is 9.62. The topological polar surface area (TPSA) is 61.6 Å². The van der Waals surface area contributed by atoms with Crippen LogP contribution in [0.5, 0.6) is 11.5 Å². The van der Waals surface area contributed by atoms with E-state index in [0.29, 0.717) is 29.4 Å². The highest BCUT2D eigenvalue weighted by Gasteiger charge is 2.48. The predicted octanol–water partition coefficient (Wildman–Crippen LogP) is 3.56. The molecule has 2 fully saturated rings. The molecule has 2 saturated carbocycles. The summed E-state index contributed by atoms with van der Waals surface area (Å²) in [6.07, 6.45) is 6.58. The molecule has 20 heavy (non-hydrogen) atoms. The number of hydrogen-bond acceptors (Lipinski definition) is 4. The summed E-state index contributed by atoms with van der Waals surface area (Å²) >= 11 is 0. The van der Waals surface area contributed by atoms with Gasteiger partial charge in [0.05, 0.1) is 24.7 Å². The van der Waals surface area contributed by atoms with E-state index in [0.717, 1.165) is 0 Å². The van der Waals surface area contributed by atoms with Crippen LogP contribution in [-0.2, 0) is 0 Å². The SMILES string of the molecule is COc1ccc([N+](=O)[O-])cc1OCC1CC2(CCC2)C1. The monoisotopic (exact) mass is 277 g/mol. The van der Waals surface area contributed by atoms with Crippen LogP contribution in [0.3, 0.4) is 0 Å². The Kier molecular flexibility index (Phi) is 3.28. The Morgan fingerprint density at radius 2 is 2.10 bits per heavy atom. The van der Waals surface area contributed by atoms with Crippen molar-refractivity contribution < 1.29 is 14.4 Å². The summed E-state index contributed by atoms with van der Waals surface area (Å²) in [4.78, 5) is 10.4. The minimum Gasteiger partial charge on any atom is -0.493 e. The number of nitro benzene ring substituents is 1. The smallest absolute Gasteiger partial charge is 0.273 e. The minimum atomic E-state index is -0.418. The van der Waals surface area contributed by atoms with Crippen molar-refractivity contribution in [3.8, 4) is 11.5 Å². The zero-order valence-corrected chi connectivity index (χ0v) is 11.6. The number of methoxy groups -OCH3 is 1. The molecule has 5 heteroatoms. The van der Waals surface area contributed by atoms with Gasteiger partial charge in [-0.05, 0) is 43.1 Å². The van der Waals surface area contributed by atoms with Gasteiger partial charge in [0, 0.05) is 6.07 Å². The van der Waals surface area contributed by atoms with Gasteiger partial charge in [-0.3, -0.25) is 10.1 Å². The standard InChI is InChI=1S/C15H19NO4/c1-19-13-4-3-12(16(17)18)7-14(13)20-10-11-8-15(9-11)5-2-6-15/h3-4,7,11H,2,5-6,8-10H2,1H3. The molecule has 0 amide bonds. The van der Waals surface area contributed by atoms with Gasteiger partial charge in [-0.1, -0.05) is 6.42 Å². The second-order valence-electron chi connectivity index (χ2n) is 6.03. The first-order valence-electron chi connectivity index (χ1n) is 7.07. The second kappa shape index (κ2) is 4.96. The third kappa shape index (κ3) is 2.32. The number of hydrogen-bond donors (Lipinski definition) is 0. The van der Waals surface area contributed by atoms with Gasteiger partial charge in [-0.25, -0.2) is 0 Å². The molecule has 0 bridgehead atoms. The van der Waals surface area contributed by atoms with Crippen molar-refractivity contribution in [2.45, 2.75) is 32.1 Å². The number of rotatable bonds is 5. The molecule has 3 rings (SSSR count). The van der Waals surface area contributed by atoms with Crippen molar-refractivity contribution in [1.82, 2.24) is 0 Å². The predicted molar refractivity (Wildman–Crippen MR) is 74.2 cm³/mol. The molecule has 0 atom stereocenters. The molecule has 1 spiro atoms. The Balaban J connectivity index is 1.61. The fourth-order valence-electron chi connectivity index (χ4n) is 3.47. The van der Waals surface area contributed by atoms with Crippen LogP contribution in [0.25, 0.3) is 0 Å². The largest absolute Gasteiger partial charge is 0.493 e. The third-order valence-corrected chi connectivity index (χ3v) is 4.69. The molecule has 0 heterocycles. The second-order valence-corrected chi connectivity index (χ2v) is 6.03. The fraction of sp³-hybridized carbons (Fsp3) is 0.600. The molecule has 0 aromatic heterocycles. The number of nitrogens with zero attached hydrogens (tertiary/aromatic N) is 1. The van der Waals surface area contributed by atoms with Crippen LogP contribution in [0, 0.1) is 21.4 Å². The van der Waals surface area contributed by atoms with Gasteiger partial charge < -0.3 is 9.47 Å². The highest BCUT2D eigenvalue weighted by molar-refractivity contribution is 5.48. The van der Waals surface area contributed by atoms with E-state index in [2.05, 4.69) is 0 Å². The van der Waals surface area contributed by atoms with E-state index in [4.69, 9.17) is 9.47 Å². The lowest BCUT2D eigenvalue weighted by Crippen LogP contribution is -2.44. The van der Waals surface area contributed by atoms with Crippen molar-refractivity contribution in [2.24, 2.45) is 11.3 Å². The maximum atomic E-state index is 10.8. The van der Waals surface area contributed by atoms with Gasteiger partial charge in [0.25, 0.3) is 5.69 Å². The zero-order chi connectivity index (χ0) is 14.2. The lowest BCUT2D eigenvalue weighted by atomic mass is 9.52. The average Bonchev–Trinajstić information content (AvgIpc) is 2.34. The van der Waals surface area contributed by atoms with Crippen LogP contribution in [0.4, 0.5) is 5.69 Å². The lowest BCUT2D eigenvalue weighted by molar-refractivity contribution is -0.385. The molecule has 5 nitrogen and oxygen atoms in total. The third-order valence-electron chi connectivity index (χ3n) is 4.69. The van der Waals surface area contributed by atoms with Crippen LogP contribution >= 0.6 is 0 Å². The molecular weight excluding hydrogens is 258 g/mol. The molecule has 1 aromatic carbocycles. The molecule has 108 valence electrons. The van der Waals surface area contributed by atoms with Crippen LogP contribution < -0.4 is 9.47 Å². The maximum Gasteiger partial charge on any atom is 0.273 e. The van der Waals surface area contributed by atoms with Gasteiger partial charge in [0.15, 0.2) is 11.5 Å². The van der Waals surface area contributed by atoms with Gasteiger partial charge >= 0.3 is 0 Å². The molecule has 0 N–H and O–H groups in total. The maximum absolute atomic E-state index is 10.8. The van der Waals surface area contributed by atoms with Crippen LogP contribution in [-0.4, -0.2) is 18.6 Å². The van der Waals surface area contributed by atoms with E-state index in [-0.39, 0.29) is 5.69 Å². The van der Waals surface area contributed by atoms with Crippen molar-refractivity contribution in [3.63, 3.8) is 0 Å². The molecule has 0 radical (unpaired) electrons. The van der Waals surface area contributed by atoms with Gasteiger partial charge in [-0.15, -0.1) is 0 Å². The molecule has 0 unspecified atom stereocenters. The highest BCUT2D eigenvalue weighted by Crippen LogP contribution is 2.58. The van der Waals surface area contributed by atoms with Crippen molar-refractivity contribution in [3.05, 3.63) is 28.3 Å². The van der Waals surface area contributed by atoms with Gasteiger partial charge in [0.2, 0.25) is 0 Å². The quantitative estimate of drug-likeness (QED) is 0.610. The van der Waals surface area contributed by atoms with E-state index >= 15 is 0 Å². The molecule has 0 saturated heterocycles. The Morgan fingerprint density at radius 1 is 1.35 bits per heavy atom. The normalized spacial score (nSPS) is 20.1. The zero-order valence-electron chi connectivity index (χ0n) is 11.6. The Bertz CT molecular complexity index is 517. The summed E-state index contributed by atoms with van der Waals surface area (Å²) in [5, 5.41) is 10.8. The van der Waals surface area contributed by atoms with E-state index < -0.39 is 4.92 Å². The summed E-state index contributed by atoms with van der Waals surface area (Å²) in [5.74, 6) is 1.60. The highest BCUT2D eigenvalue weighted by atomic mass is 16.6. The average molecular weight is 277 g/mol. The van der Waals surface area contributed by atoms with Gasteiger partial charge in [0.1, 0.15) is 0 Å². The first-order valence-corrected chi connectivity index (χ1v) is 7.07. The summed E-state index contributed by atoms with van der Waals surface area (Å²) < 4.78 is 10.9. The summed E-state index contributed by atoms with van der Waals surface area (Å²) in [6, 6.07) is 4.46. The van der Waals surface area contributed by atoms with Crippen molar-refractivity contribution >= 4 is 5.69 Å². The van der Waals surface area contributed by atoms with E-state index in [1.54, 1.807) is 13.2 Å². The van der Waals surface area contributed by atoms with E-state index in [1.807, 2.05) is 0 Å². The van der Waals surface area contributed by atoms with Crippen molar-refractivity contribution in [2.75, 3.05) is 13.7 Å². The first kappa shape index (κ1) is 13.2. The number of benzene rings is 1. The van der Waals surface area contributed by atoms with Crippen LogP contribution in [0.2, 0.25) is 0 Å². The van der Waals surface area contributed by atoms with Crippen LogP contribution in [0.15, 0.2) is 18.2 Å². The van der Waals surface area contributed by atoms with Gasteiger partial charge in [-0.2, -0.15) is 0 Å². The fourth-order valence-corrected chi connectivity index (χ4v) is 3.47. The summed E-state index contributed by atoms with van der Waals surface area (Å²) in [7, 11) is 1.54. The Labute approximate surface area is 118 Å². The molecule has 1 aromatic rings. The summed E-state index contributed by atoms with van der Waals surface area (Å²) in [6.45, 7) is 0.624. The molecule has 2 aliphatic carbocycles. The minimum absolute atomic E-state index is 0.0323. The van der Waals surface area contributed by atoms with Crippen LogP contribution in [0.1, 0.15) is 32.1 Å². The van der Waals surface area contributed by atoms with E-state index in [1.165, 1.54) is 44.2 Å². The lowest BCUT2D eigenvalue weighted by Gasteiger charge is -2.54. The number of nitro groups is 1. The van der Waals surface area contributed by atoms with E-state index in [9.17, 15) is 10.1 Å². The van der Waals surface area contributed by atoms with Crippen molar-refractivity contribution in [1.29, 1.82) is 0 Å².